The number of carbonyl (C=O) groups is 5. The van der Waals surface area contributed by atoms with E-state index in [0.717, 1.165) is 27.8 Å². The van der Waals surface area contributed by atoms with Crippen LogP contribution < -0.4 is 0 Å². The number of carbonyl (C=O) groups excluding carboxylic acids is 4. The predicted octanol–water partition coefficient (Wildman–Crippen LogP) is 0.105. The number of carboxylic acid groups (broad SMARTS) is 1. The van der Waals surface area contributed by atoms with Gasteiger partial charge in [0, 0.05) is 11.3 Å². The second-order valence-electron chi connectivity index (χ2n) is 7.82. The van der Waals surface area contributed by atoms with Crippen LogP contribution in [0, 0.1) is 10.1 Å². The van der Waals surface area contributed by atoms with Gasteiger partial charge in [0.05, 0.1) is 17.8 Å². The lowest BCUT2D eigenvalue weighted by Crippen LogP contribution is -2.50. The lowest BCUT2D eigenvalue weighted by atomic mass is 10.1. The Bertz CT molecular complexity index is 1240. The molecule has 15 nitrogen and oxygen atoms in total. The van der Waals surface area contributed by atoms with Crippen LogP contribution in [-0.4, -0.2) is 90.0 Å². The van der Waals surface area contributed by atoms with Crippen LogP contribution in [0.25, 0.3) is 0 Å². The van der Waals surface area contributed by atoms with Gasteiger partial charge in [-0.05, 0) is 23.3 Å². The van der Waals surface area contributed by atoms with Gasteiger partial charge in [-0.2, -0.15) is 8.42 Å². The molecule has 4 atom stereocenters. The molecule has 2 saturated heterocycles. The summed E-state index contributed by atoms with van der Waals surface area (Å²) in [7, 11) is -2.70. The number of nitrogens with zero attached hydrogens (tertiary/aromatic N) is 4. The third kappa shape index (κ3) is 5.66. The maximum Gasteiger partial charge on any atom is 0.326 e. The minimum absolute atomic E-state index is 0.207. The Labute approximate surface area is 210 Å². The highest BCUT2D eigenvalue weighted by Gasteiger charge is 2.55. The highest BCUT2D eigenvalue weighted by atomic mass is 33.1. The van der Waals surface area contributed by atoms with E-state index in [1.165, 1.54) is 12.1 Å². The molecule has 2 fully saturated rings. The van der Waals surface area contributed by atoms with E-state index < -0.39 is 80.1 Å². The minimum atomic E-state index is -4.93. The molecule has 4 amide bonds. The molecule has 3 heterocycles. The van der Waals surface area contributed by atoms with Crippen molar-refractivity contribution in [1.82, 2.24) is 14.8 Å². The topological polar surface area (TPSA) is 222 Å². The molecule has 0 aromatic carbocycles. The fraction of sp³-hybridized carbons (Fsp3) is 0.444. The number of aromatic nitrogens is 1. The van der Waals surface area contributed by atoms with Gasteiger partial charge in [-0.25, -0.2) is 9.78 Å². The Morgan fingerprint density at radius 2 is 1.89 bits per heavy atom. The van der Waals surface area contributed by atoms with Crippen molar-refractivity contribution in [3.8, 4) is 0 Å². The van der Waals surface area contributed by atoms with Crippen molar-refractivity contribution in [1.29, 1.82) is 0 Å². The van der Waals surface area contributed by atoms with Crippen LogP contribution in [0.3, 0.4) is 0 Å². The van der Waals surface area contributed by atoms with Crippen LogP contribution in [-0.2, 0) is 34.1 Å². The third-order valence-electron chi connectivity index (χ3n) is 5.35. The van der Waals surface area contributed by atoms with Gasteiger partial charge in [0.25, 0.3) is 27.6 Å². The summed E-state index contributed by atoms with van der Waals surface area (Å²) in [5, 5.41) is 18.2. The molecule has 3 rings (SSSR count). The molecule has 18 heteroatoms. The summed E-state index contributed by atoms with van der Waals surface area (Å²) in [6.07, 6.45) is -0.788. The molecule has 0 radical (unpaired) electrons. The van der Waals surface area contributed by atoms with Crippen LogP contribution in [0.4, 0.5) is 5.69 Å². The zero-order valence-corrected chi connectivity index (χ0v) is 20.7. The van der Waals surface area contributed by atoms with Crippen LogP contribution in [0.1, 0.15) is 26.2 Å². The number of hydrogen-bond acceptors (Lipinski definition) is 12. The normalized spacial score (nSPS) is 22.3. The maximum atomic E-state index is 13.0. The fourth-order valence-corrected chi connectivity index (χ4v) is 6.46. The van der Waals surface area contributed by atoms with E-state index in [-0.39, 0.29) is 12.1 Å². The molecule has 1 aromatic rings. The average molecular weight is 563 g/mol. The van der Waals surface area contributed by atoms with Gasteiger partial charge in [-0.15, -0.1) is 0 Å². The van der Waals surface area contributed by atoms with Gasteiger partial charge >= 0.3 is 5.97 Å². The molecule has 36 heavy (non-hydrogen) atoms. The van der Waals surface area contributed by atoms with Crippen molar-refractivity contribution in [2.75, 3.05) is 0 Å². The molecular formula is C18H18N4O11S3. The SMILES string of the molecule is CC(CC(C(=O)O)N1C(=O)CC(N2C(=O)CC(S(=O)(=O)O)C2=O)C1=O)SSc1ccc([N+](=O)[O-])cn1. The lowest BCUT2D eigenvalue weighted by Gasteiger charge is -2.26. The second kappa shape index (κ2) is 10.5. The molecule has 0 saturated carbocycles. The predicted molar refractivity (Wildman–Crippen MR) is 122 cm³/mol. The van der Waals surface area contributed by atoms with Crippen molar-refractivity contribution in [3.63, 3.8) is 0 Å². The summed E-state index contributed by atoms with van der Waals surface area (Å²) in [6.45, 7) is 1.62. The first-order valence-corrected chi connectivity index (χ1v) is 13.8. The summed E-state index contributed by atoms with van der Waals surface area (Å²) in [6, 6.07) is -0.712. The maximum absolute atomic E-state index is 13.0. The molecule has 2 aliphatic rings. The van der Waals surface area contributed by atoms with E-state index in [1.807, 2.05) is 0 Å². The highest BCUT2D eigenvalue weighted by Crippen LogP contribution is 2.37. The number of carboxylic acids is 1. The number of nitro groups is 1. The van der Waals surface area contributed by atoms with Crippen molar-refractivity contribution in [3.05, 3.63) is 28.4 Å². The Balaban J connectivity index is 1.70. The smallest absolute Gasteiger partial charge is 0.326 e. The van der Waals surface area contributed by atoms with Gasteiger partial charge in [-0.1, -0.05) is 17.7 Å². The quantitative estimate of drug-likeness (QED) is 0.127. The fourth-order valence-electron chi connectivity index (χ4n) is 3.68. The Hall–Kier alpha value is -3.09. The monoisotopic (exact) mass is 562 g/mol. The third-order valence-corrected chi connectivity index (χ3v) is 9.26. The van der Waals surface area contributed by atoms with Crippen molar-refractivity contribution >= 4 is 67.0 Å². The first kappa shape index (κ1) is 27.5. The summed E-state index contributed by atoms with van der Waals surface area (Å²) in [4.78, 5) is 76.8. The lowest BCUT2D eigenvalue weighted by molar-refractivity contribution is -0.385. The van der Waals surface area contributed by atoms with Crippen molar-refractivity contribution in [2.45, 2.75) is 53.8 Å². The van der Waals surface area contributed by atoms with E-state index in [1.54, 1.807) is 6.92 Å². The number of rotatable bonds is 10. The van der Waals surface area contributed by atoms with Crippen LogP contribution >= 0.6 is 21.6 Å². The Kier molecular flexibility index (Phi) is 8.01. The number of likely N-dealkylation sites (tertiary alicyclic amines) is 2. The van der Waals surface area contributed by atoms with Crippen molar-refractivity contribution < 1.29 is 47.0 Å². The number of pyridine rings is 1. The Morgan fingerprint density at radius 1 is 1.22 bits per heavy atom. The number of imide groups is 2. The van der Waals surface area contributed by atoms with Gasteiger partial charge in [0.15, 0.2) is 5.25 Å². The van der Waals surface area contributed by atoms with Crippen LogP contribution in [0.5, 0.6) is 0 Å². The molecule has 2 aliphatic heterocycles. The molecule has 0 spiro atoms. The van der Waals surface area contributed by atoms with Gasteiger partial charge in [0.1, 0.15) is 23.3 Å². The van der Waals surface area contributed by atoms with E-state index in [0.29, 0.717) is 14.8 Å². The highest BCUT2D eigenvalue weighted by molar-refractivity contribution is 8.76. The first-order chi connectivity index (χ1) is 16.7. The molecule has 0 bridgehead atoms. The zero-order valence-electron chi connectivity index (χ0n) is 18.2. The van der Waals surface area contributed by atoms with Gasteiger partial charge in [0.2, 0.25) is 11.8 Å². The van der Waals surface area contributed by atoms with Gasteiger partial charge < -0.3 is 5.11 Å². The zero-order chi connectivity index (χ0) is 26.9. The molecular weight excluding hydrogens is 544 g/mol. The van der Waals surface area contributed by atoms with Gasteiger partial charge in [-0.3, -0.25) is 43.6 Å². The average Bonchev–Trinajstić information content (AvgIpc) is 3.24. The summed E-state index contributed by atoms with van der Waals surface area (Å²) >= 11 is 0. The summed E-state index contributed by atoms with van der Waals surface area (Å²) in [5.41, 5.74) is -0.207. The van der Waals surface area contributed by atoms with Crippen molar-refractivity contribution in [2.24, 2.45) is 0 Å². The van der Waals surface area contributed by atoms with E-state index in [2.05, 4.69) is 4.98 Å². The second-order valence-corrected chi connectivity index (χ2v) is 12.1. The number of amides is 4. The Morgan fingerprint density at radius 3 is 2.39 bits per heavy atom. The first-order valence-electron chi connectivity index (χ1n) is 10.1. The molecule has 4 unspecified atom stereocenters. The summed E-state index contributed by atoms with van der Waals surface area (Å²) in [5.74, 6) is -6.07. The van der Waals surface area contributed by atoms with Crippen LogP contribution in [0.2, 0.25) is 0 Å². The molecule has 194 valence electrons. The van der Waals surface area contributed by atoms with E-state index in [4.69, 9.17) is 4.55 Å². The molecule has 0 aliphatic carbocycles. The molecule has 2 N–H and O–H groups in total. The standard InChI is InChI=1S/C18H18N4O11S3/c1-8(34-35-13-3-2-9(7-19-13)22(29)30)4-11(18(27)28)21-14(23)5-10(16(21)25)20-15(24)6-12(17(20)26)36(31,32)33/h2-3,7-8,10-12H,4-6H2,1H3,(H,27,28)(H,31,32,33). The van der Waals surface area contributed by atoms with Crippen LogP contribution in [0.15, 0.2) is 23.4 Å². The largest absolute Gasteiger partial charge is 0.480 e. The number of aliphatic carboxylic acids is 1. The summed E-state index contributed by atoms with van der Waals surface area (Å²) < 4.78 is 31.9. The van der Waals surface area contributed by atoms with E-state index in [9.17, 15) is 47.6 Å². The molecule has 1 aromatic heterocycles. The minimum Gasteiger partial charge on any atom is -0.480 e. The number of hydrogen-bond donors (Lipinski definition) is 2. The van der Waals surface area contributed by atoms with E-state index >= 15 is 0 Å².